The molecule has 0 atom stereocenters. The van der Waals surface area contributed by atoms with Gasteiger partial charge in [0.2, 0.25) is 0 Å². The summed E-state index contributed by atoms with van der Waals surface area (Å²) >= 11 is 0. The fourth-order valence-corrected chi connectivity index (χ4v) is 1.63. The highest BCUT2D eigenvalue weighted by molar-refractivity contribution is 5.92. The molecule has 0 saturated carbocycles. The highest BCUT2D eigenvalue weighted by Crippen LogP contribution is 2.05. The molecule has 0 aliphatic carbocycles. The molecule has 2 aromatic rings. The summed E-state index contributed by atoms with van der Waals surface area (Å²) in [5.41, 5.74) is 1.33. The smallest absolute Gasteiger partial charge is 0.269 e. The van der Waals surface area contributed by atoms with E-state index in [9.17, 15) is 4.79 Å². The third-order valence-electron chi connectivity index (χ3n) is 2.67. The number of nitrogens with one attached hydrogen (secondary N) is 2. The number of nitrogens with zero attached hydrogens (tertiary/aromatic N) is 4. The molecule has 0 bridgehead atoms. The Labute approximate surface area is 117 Å². The van der Waals surface area contributed by atoms with E-state index in [1.54, 1.807) is 29.3 Å². The lowest BCUT2D eigenvalue weighted by Crippen LogP contribution is -2.28. The van der Waals surface area contributed by atoms with E-state index < -0.39 is 0 Å². The zero-order valence-electron chi connectivity index (χ0n) is 11.4. The van der Waals surface area contributed by atoms with Crippen molar-refractivity contribution in [1.29, 1.82) is 0 Å². The van der Waals surface area contributed by atoms with Gasteiger partial charge in [-0.3, -0.25) is 9.48 Å². The molecular weight excluding hydrogens is 256 g/mol. The van der Waals surface area contributed by atoms with Crippen LogP contribution >= 0.6 is 0 Å². The molecule has 0 aliphatic rings. The van der Waals surface area contributed by atoms with E-state index in [2.05, 4.69) is 32.9 Å². The predicted octanol–water partition coefficient (Wildman–Crippen LogP) is 0.925. The van der Waals surface area contributed by atoms with Crippen LogP contribution in [0.25, 0.3) is 0 Å². The second kappa shape index (κ2) is 7.22. The van der Waals surface area contributed by atoms with Gasteiger partial charge in [0.1, 0.15) is 5.69 Å². The summed E-state index contributed by atoms with van der Waals surface area (Å²) in [6.45, 7) is 4.06. The van der Waals surface area contributed by atoms with Crippen molar-refractivity contribution in [3.05, 3.63) is 36.4 Å². The molecule has 2 rings (SSSR count). The van der Waals surface area contributed by atoms with Crippen LogP contribution in [0.3, 0.4) is 0 Å². The molecule has 106 valence electrons. The van der Waals surface area contributed by atoms with Crippen molar-refractivity contribution in [2.24, 2.45) is 0 Å². The first-order valence-corrected chi connectivity index (χ1v) is 6.62. The predicted molar refractivity (Wildman–Crippen MR) is 75.4 cm³/mol. The molecular formula is C13H18N6O. The molecule has 2 N–H and O–H groups in total. The van der Waals surface area contributed by atoms with E-state index >= 15 is 0 Å². The number of anilines is 1. The number of hydrogen-bond acceptors (Lipinski definition) is 5. The molecule has 0 fully saturated rings. The van der Waals surface area contributed by atoms with Crippen molar-refractivity contribution in [2.75, 3.05) is 18.4 Å². The monoisotopic (exact) mass is 274 g/mol. The van der Waals surface area contributed by atoms with Gasteiger partial charge in [-0.25, -0.2) is 4.98 Å². The Morgan fingerprint density at radius 3 is 2.90 bits per heavy atom. The standard InChI is InChI=1S/C13H18N6O/c1-2-5-14-11-3-4-12(16-10-11)13(20)15-6-8-19-9-7-17-18-19/h3-4,7,9-10,14H,2,5-6,8H2,1H3,(H,15,20). The Hall–Kier alpha value is -2.44. The molecule has 0 spiro atoms. The molecule has 20 heavy (non-hydrogen) atoms. The van der Waals surface area contributed by atoms with E-state index in [-0.39, 0.29) is 5.91 Å². The Kier molecular flexibility index (Phi) is 5.05. The van der Waals surface area contributed by atoms with Gasteiger partial charge in [0.15, 0.2) is 0 Å². The van der Waals surface area contributed by atoms with Crippen molar-refractivity contribution >= 4 is 11.6 Å². The number of aromatic nitrogens is 4. The summed E-state index contributed by atoms with van der Waals surface area (Å²) in [5.74, 6) is -0.188. The largest absolute Gasteiger partial charge is 0.384 e. The summed E-state index contributed by atoms with van der Waals surface area (Å²) in [6, 6.07) is 3.57. The van der Waals surface area contributed by atoms with Crippen LogP contribution in [0.15, 0.2) is 30.7 Å². The molecule has 0 aromatic carbocycles. The number of amides is 1. The van der Waals surface area contributed by atoms with Crippen molar-refractivity contribution in [1.82, 2.24) is 25.3 Å². The Balaban J connectivity index is 1.79. The number of carbonyl (C=O) groups excluding carboxylic acids is 1. The summed E-state index contributed by atoms with van der Waals surface area (Å²) < 4.78 is 1.66. The van der Waals surface area contributed by atoms with Gasteiger partial charge in [0.25, 0.3) is 5.91 Å². The fourth-order valence-electron chi connectivity index (χ4n) is 1.63. The van der Waals surface area contributed by atoms with E-state index in [1.807, 2.05) is 6.07 Å². The van der Waals surface area contributed by atoms with E-state index in [0.717, 1.165) is 18.7 Å². The molecule has 2 heterocycles. The molecule has 0 aliphatic heterocycles. The molecule has 1 amide bonds. The second-order valence-corrected chi connectivity index (χ2v) is 4.28. The van der Waals surface area contributed by atoms with Crippen LogP contribution in [-0.2, 0) is 6.54 Å². The van der Waals surface area contributed by atoms with Gasteiger partial charge in [-0.1, -0.05) is 12.1 Å². The lowest BCUT2D eigenvalue weighted by atomic mass is 10.3. The summed E-state index contributed by atoms with van der Waals surface area (Å²) in [6.07, 6.45) is 6.07. The first kappa shape index (κ1) is 14.0. The van der Waals surface area contributed by atoms with Crippen LogP contribution in [0, 0.1) is 0 Å². The van der Waals surface area contributed by atoms with Gasteiger partial charge in [-0.05, 0) is 18.6 Å². The van der Waals surface area contributed by atoms with Crippen molar-refractivity contribution in [3.63, 3.8) is 0 Å². The van der Waals surface area contributed by atoms with Gasteiger partial charge < -0.3 is 10.6 Å². The minimum absolute atomic E-state index is 0.188. The highest BCUT2D eigenvalue weighted by atomic mass is 16.1. The van der Waals surface area contributed by atoms with Gasteiger partial charge in [-0.2, -0.15) is 0 Å². The maximum atomic E-state index is 11.9. The first-order chi connectivity index (χ1) is 9.79. The third kappa shape index (κ3) is 4.04. The highest BCUT2D eigenvalue weighted by Gasteiger charge is 2.06. The molecule has 2 aromatic heterocycles. The van der Waals surface area contributed by atoms with Crippen LogP contribution in [0.2, 0.25) is 0 Å². The van der Waals surface area contributed by atoms with Crippen LogP contribution in [0.5, 0.6) is 0 Å². The summed E-state index contributed by atoms with van der Waals surface area (Å²) in [4.78, 5) is 16.0. The quantitative estimate of drug-likeness (QED) is 0.784. The van der Waals surface area contributed by atoms with E-state index in [4.69, 9.17) is 0 Å². The lowest BCUT2D eigenvalue weighted by molar-refractivity contribution is 0.0947. The Morgan fingerprint density at radius 2 is 2.25 bits per heavy atom. The van der Waals surface area contributed by atoms with Gasteiger partial charge in [-0.15, -0.1) is 5.10 Å². The minimum Gasteiger partial charge on any atom is -0.384 e. The average molecular weight is 274 g/mol. The third-order valence-corrected chi connectivity index (χ3v) is 2.67. The minimum atomic E-state index is -0.188. The zero-order chi connectivity index (χ0) is 14.2. The number of carbonyl (C=O) groups is 1. The summed E-state index contributed by atoms with van der Waals surface area (Å²) in [5, 5.41) is 13.5. The zero-order valence-corrected chi connectivity index (χ0v) is 11.4. The van der Waals surface area contributed by atoms with Crippen LogP contribution in [0.1, 0.15) is 23.8 Å². The van der Waals surface area contributed by atoms with Crippen LogP contribution in [-0.4, -0.2) is 39.0 Å². The topological polar surface area (TPSA) is 84.7 Å². The summed E-state index contributed by atoms with van der Waals surface area (Å²) in [7, 11) is 0. The van der Waals surface area contributed by atoms with E-state index in [1.165, 1.54) is 0 Å². The maximum absolute atomic E-state index is 11.9. The average Bonchev–Trinajstić information content (AvgIpc) is 2.99. The van der Waals surface area contributed by atoms with Gasteiger partial charge in [0.05, 0.1) is 24.6 Å². The van der Waals surface area contributed by atoms with Gasteiger partial charge in [0, 0.05) is 19.3 Å². The van der Waals surface area contributed by atoms with E-state index in [0.29, 0.717) is 18.8 Å². The van der Waals surface area contributed by atoms with Crippen LogP contribution in [0.4, 0.5) is 5.69 Å². The number of pyridine rings is 1. The lowest BCUT2D eigenvalue weighted by Gasteiger charge is -2.06. The molecule has 0 radical (unpaired) electrons. The van der Waals surface area contributed by atoms with Crippen molar-refractivity contribution in [3.8, 4) is 0 Å². The normalized spacial score (nSPS) is 10.2. The van der Waals surface area contributed by atoms with Crippen LogP contribution < -0.4 is 10.6 Å². The number of hydrogen-bond donors (Lipinski definition) is 2. The van der Waals surface area contributed by atoms with Gasteiger partial charge >= 0.3 is 0 Å². The SMILES string of the molecule is CCCNc1ccc(C(=O)NCCn2ccnn2)nc1. The van der Waals surface area contributed by atoms with Crippen molar-refractivity contribution in [2.45, 2.75) is 19.9 Å². The Bertz CT molecular complexity index is 522. The fraction of sp³-hybridized carbons (Fsp3) is 0.385. The molecule has 0 unspecified atom stereocenters. The molecule has 7 nitrogen and oxygen atoms in total. The number of rotatable bonds is 7. The maximum Gasteiger partial charge on any atom is 0.269 e. The Morgan fingerprint density at radius 1 is 1.35 bits per heavy atom. The molecule has 0 saturated heterocycles. The second-order valence-electron chi connectivity index (χ2n) is 4.28. The first-order valence-electron chi connectivity index (χ1n) is 6.62. The van der Waals surface area contributed by atoms with Crippen molar-refractivity contribution < 1.29 is 4.79 Å². The molecule has 7 heteroatoms.